The fourth-order valence-electron chi connectivity index (χ4n) is 2.27. The monoisotopic (exact) mass is 229 g/mol. The van der Waals surface area contributed by atoms with E-state index in [9.17, 15) is 0 Å². The van der Waals surface area contributed by atoms with Crippen molar-refractivity contribution in [2.75, 3.05) is 5.32 Å². The summed E-state index contributed by atoms with van der Waals surface area (Å²) in [5.74, 6) is 1.23. The van der Waals surface area contributed by atoms with Crippen LogP contribution in [0.3, 0.4) is 0 Å². The molecule has 88 valence electrons. The molecule has 0 unspecified atom stereocenters. The first kappa shape index (κ1) is 10.3. The van der Waals surface area contributed by atoms with Crippen LogP contribution in [-0.2, 0) is 19.4 Å². The topological polar surface area (TPSA) is 51.0 Å². The van der Waals surface area contributed by atoms with Gasteiger partial charge in [-0.15, -0.1) is 10.2 Å². The summed E-state index contributed by atoms with van der Waals surface area (Å²) < 4.78 is 5.31. The van der Waals surface area contributed by atoms with Crippen molar-refractivity contribution in [3.05, 3.63) is 41.1 Å². The number of hydrogen-bond acceptors (Lipinski definition) is 4. The van der Waals surface area contributed by atoms with Crippen molar-refractivity contribution in [2.24, 2.45) is 0 Å². The molecule has 17 heavy (non-hydrogen) atoms. The molecular weight excluding hydrogens is 214 g/mol. The minimum Gasteiger partial charge on any atom is -0.424 e. The number of anilines is 1. The van der Waals surface area contributed by atoms with E-state index >= 15 is 0 Å². The minimum atomic E-state index is 0.583. The highest BCUT2D eigenvalue weighted by Gasteiger charge is 2.10. The van der Waals surface area contributed by atoms with Crippen molar-refractivity contribution in [1.29, 1.82) is 0 Å². The van der Waals surface area contributed by atoms with E-state index in [1.165, 1.54) is 30.4 Å². The van der Waals surface area contributed by atoms with Crippen molar-refractivity contribution in [1.82, 2.24) is 10.2 Å². The summed E-state index contributed by atoms with van der Waals surface area (Å²) in [6, 6.07) is 6.56. The third-order valence-corrected chi connectivity index (χ3v) is 3.11. The number of hydrogen-bond donors (Lipinski definition) is 1. The predicted octanol–water partition coefficient (Wildman–Crippen LogP) is 2.48. The molecule has 1 aliphatic rings. The van der Waals surface area contributed by atoms with Gasteiger partial charge in [-0.05, 0) is 42.5 Å². The normalized spacial score (nSPS) is 13.7. The molecule has 0 radical (unpaired) electrons. The summed E-state index contributed by atoms with van der Waals surface area (Å²) in [7, 11) is 0. The molecule has 4 heteroatoms. The van der Waals surface area contributed by atoms with Gasteiger partial charge in [0.15, 0.2) is 0 Å². The van der Waals surface area contributed by atoms with Crippen LogP contribution in [0, 0.1) is 6.92 Å². The Balaban J connectivity index is 1.69. The lowest BCUT2D eigenvalue weighted by molar-refractivity contribution is 0.475. The first-order valence-corrected chi connectivity index (χ1v) is 5.96. The Morgan fingerprint density at radius 1 is 1.24 bits per heavy atom. The summed E-state index contributed by atoms with van der Waals surface area (Å²) in [5.41, 5.74) is 4.09. The molecule has 0 saturated heterocycles. The standard InChI is InChI=1S/C13H15N3O/c1-9-15-16-13(17-9)8-14-12-6-5-10-3-2-4-11(10)7-12/h5-7,14H,2-4,8H2,1H3. The molecule has 0 fully saturated rings. The van der Waals surface area contributed by atoms with Crippen LogP contribution >= 0.6 is 0 Å². The highest BCUT2D eigenvalue weighted by atomic mass is 16.4. The number of rotatable bonds is 3. The maximum atomic E-state index is 5.31. The van der Waals surface area contributed by atoms with Crippen LogP contribution in [0.2, 0.25) is 0 Å². The molecule has 2 aromatic rings. The molecule has 3 rings (SSSR count). The lowest BCUT2D eigenvalue weighted by Crippen LogP contribution is -2.00. The second-order valence-electron chi connectivity index (χ2n) is 4.41. The average Bonchev–Trinajstić information content (AvgIpc) is 2.94. The number of aromatic nitrogens is 2. The van der Waals surface area contributed by atoms with Gasteiger partial charge in [-0.1, -0.05) is 6.07 Å². The fourth-order valence-corrected chi connectivity index (χ4v) is 2.27. The van der Waals surface area contributed by atoms with Crippen LogP contribution < -0.4 is 5.32 Å². The molecule has 1 aromatic carbocycles. The van der Waals surface area contributed by atoms with E-state index in [1.54, 1.807) is 6.92 Å². The third-order valence-electron chi connectivity index (χ3n) is 3.11. The van der Waals surface area contributed by atoms with Crippen LogP contribution in [0.5, 0.6) is 0 Å². The smallest absolute Gasteiger partial charge is 0.235 e. The Hall–Kier alpha value is -1.84. The SMILES string of the molecule is Cc1nnc(CNc2ccc3c(c2)CCC3)o1. The number of benzene rings is 1. The second-order valence-corrected chi connectivity index (χ2v) is 4.41. The zero-order valence-corrected chi connectivity index (χ0v) is 9.86. The fraction of sp³-hybridized carbons (Fsp3) is 0.385. The van der Waals surface area contributed by atoms with Crippen LogP contribution in [0.4, 0.5) is 5.69 Å². The van der Waals surface area contributed by atoms with E-state index in [-0.39, 0.29) is 0 Å². The van der Waals surface area contributed by atoms with Crippen LogP contribution in [-0.4, -0.2) is 10.2 Å². The largest absolute Gasteiger partial charge is 0.424 e. The molecule has 1 N–H and O–H groups in total. The summed E-state index contributed by atoms with van der Waals surface area (Å²) in [6.07, 6.45) is 3.70. The summed E-state index contributed by atoms with van der Waals surface area (Å²) in [4.78, 5) is 0. The molecule has 0 bridgehead atoms. The van der Waals surface area contributed by atoms with Crippen LogP contribution in [0.15, 0.2) is 22.6 Å². The molecule has 0 saturated carbocycles. The zero-order valence-electron chi connectivity index (χ0n) is 9.86. The minimum absolute atomic E-state index is 0.583. The summed E-state index contributed by atoms with van der Waals surface area (Å²) in [5, 5.41) is 11.1. The second kappa shape index (κ2) is 4.20. The van der Waals surface area contributed by atoms with Gasteiger partial charge in [-0.2, -0.15) is 0 Å². The summed E-state index contributed by atoms with van der Waals surface area (Å²) >= 11 is 0. The van der Waals surface area contributed by atoms with E-state index in [1.807, 2.05) is 0 Å². The highest BCUT2D eigenvalue weighted by Crippen LogP contribution is 2.25. The number of nitrogens with zero attached hydrogens (tertiary/aromatic N) is 2. The Kier molecular flexibility index (Phi) is 2.55. The van der Waals surface area contributed by atoms with Crippen molar-refractivity contribution < 1.29 is 4.42 Å². The van der Waals surface area contributed by atoms with E-state index in [2.05, 4.69) is 33.7 Å². The van der Waals surface area contributed by atoms with Gasteiger partial charge >= 0.3 is 0 Å². The van der Waals surface area contributed by atoms with E-state index in [0.29, 0.717) is 18.3 Å². The van der Waals surface area contributed by atoms with Crippen molar-refractivity contribution in [3.63, 3.8) is 0 Å². The maximum Gasteiger partial charge on any atom is 0.235 e. The highest BCUT2D eigenvalue weighted by molar-refractivity contribution is 5.50. The molecular formula is C13H15N3O. The predicted molar refractivity (Wildman–Crippen MR) is 64.8 cm³/mol. The van der Waals surface area contributed by atoms with Crippen LogP contribution in [0.25, 0.3) is 0 Å². The van der Waals surface area contributed by atoms with E-state index in [0.717, 1.165) is 5.69 Å². The molecule has 0 spiro atoms. The van der Waals surface area contributed by atoms with Crippen LogP contribution in [0.1, 0.15) is 29.3 Å². The van der Waals surface area contributed by atoms with Gasteiger partial charge in [0, 0.05) is 12.6 Å². The first-order valence-electron chi connectivity index (χ1n) is 5.96. The molecule has 0 atom stereocenters. The van der Waals surface area contributed by atoms with Crippen molar-refractivity contribution in [3.8, 4) is 0 Å². The lowest BCUT2D eigenvalue weighted by Gasteiger charge is -2.06. The van der Waals surface area contributed by atoms with Gasteiger partial charge in [-0.3, -0.25) is 0 Å². The van der Waals surface area contributed by atoms with Crippen molar-refractivity contribution >= 4 is 5.69 Å². The van der Waals surface area contributed by atoms with Gasteiger partial charge in [0.05, 0.1) is 6.54 Å². The van der Waals surface area contributed by atoms with Gasteiger partial charge < -0.3 is 9.73 Å². The van der Waals surface area contributed by atoms with E-state index in [4.69, 9.17) is 4.42 Å². The molecule has 4 nitrogen and oxygen atoms in total. The molecule has 1 aliphatic carbocycles. The number of fused-ring (bicyclic) bond motifs is 1. The van der Waals surface area contributed by atoms with E-state index < -0.39 is 0 Å². The lowest BCUT2D eigenvalue weighted by atomic mass is 10.1. The molecule has 0 aliphatic heterocycles. The van der Waals surface area contributed by atoms with Gasteiger partial charge in [0.1, 0.15) is 0 Å². The van der Waals surface area contributed by atoms with Gasteiger partial charge in [0.25, 0.3) is 0 Å². The quantitative estimate of drug-likeness (QED) is 0.878. The average molecular weight is 229 g/mol. The molecule has 0 amide bonds. The third kappa shape index (κ3) is 2.16. The number of aryl methyl sites for hydroxylation is 3. The van der Waals surface area contributed by atoms with Gasteiger partial charge in [-0.25, -0.2) is 0 Å². The number of nitrogens with one attached hydrogen (secondary N) is 1. The Morgan fingerprint density at radius 3 is 2.94 bits per heavy atom. The summed E-state index contributed by atoms with van der Waals surface area (Å²) in [6.45, 7) is 2.38. The molecule has 1 aromatic heterocycles. The zero-order chi connectivity index (χ0) is 11.7. The maximum absolute atomic E-state index is 5.31. The first-order chi connectivity index (χ1) is 8.31. The Morgan fingerprint density at radius 2 is 2.12 bits per heavy atom. The van der Waals surface area contributed by atoms with Gasteiger partial charge in [0.2, 0.25) is 11.8 Å². The molecule has 1 heterocycles. The Labute approximate surface area is 100 Å². The Bertz CT molecular complexity index is 533. The van der Waals surface area contributed by atoms with Crippen molar-refractivity contribution in [2.45, 2.75) is 32.7 Å².